The van der Waals surface area contributed by atoms with Gasteiger partial charge in [0.15, 0.2) is 0 Å². The summed E-state index contributed by atoms with van der Waals surface area (Å²) in [6.07, 6.45) is 3.17. The van der Waals surface area contributed by atoms with Crippen molar-refractivity contribution >= 4 is 17.6 Å². The summed E-state index contributed by atoms with van der Waals surface area (Å²) in [6, 6.07) is 6.49. The molecule has 0 aliphatic carbocycles. The molecule has 0 amide bonds. The zero-order valence-corrected chi connectivity index (χ0v) is 8.41. The lowest BCUT2D eigenvalue weighted by Gasteiger charge is -2.20. The van der Waals surface area contributed by atoms with E-state index in [0.29, 0.717) is 18.1 Å². The van der Waals surface area contributed by atoms with Gasteiger partial charge in [-0.05, 0) is 6.07 Å². The van der Waals surface area contributed by atoms with Crippen molar-refractivity contribution in [3.63, 3.8) is 0 Å². The van der Waals surface area contributed by atoms with E-state index in [1.807, 2.05) is 0 Å². The van der Waals surface area contributed by atoms with Crippen molar-refractivity contribution in [2.45, 2.75) is 0 Å². The minimum Gasteiger partial charge on any atom is -0.396 e. The van der Waals surface area contributed by atoms with Crippen LogP contribution in [0.3, 0.4) is 0 Å². The van der Waals surface area contributed by atoms with Gasteiger partial charge in [-0.1, -0.05) is 12.1 Å². The molecule has 0 aromatic heterocycles. The van der Waals surface area contributed by atoms with Crippen LogP contribution in [0.25, 0.3) is 0 Å². The Labute approximate surface area is 91.8 Å². The summed E-state index contributed by atoms with van der Waals surface area (Å²) in [6.45, 7) is 0.339. The summed E-state index contributed by atoms with van der Waals surface area (Å²) < 4.78 is 0. The van der Waals surface area contributed by atoms with Gasteiger partial charge in [-0.25, -0.2) is 0 Å². The fourth-order valence-corrected chi connectivity index (χ4v) is 1.50. The van der Waals surface area contributed by atoms with E-state index in [1.54, 1.807) is 29.3 Å². The molecular formula is C10H10N4O2. The van der Waals surface area contributed by atoms with Crippen LogP contribution in [0.2, 0.25) is 0 Å². The molecule has 0 fully saturated rings. The smallest absolute Gasteiger partial charge is 0.292 e. The summed E-state index contributed by atoms with van der Waals surface area (Å²) in [4.78, 5) is 16.1. The first-order chi connectivity index (χ1) is 7.68. The minimum atomic E-state index is -0.419. The van der Waals surface area contributed by atoms with Crippen molar-refractivity contribution < 1.29 is 4.92 Å². The second-order valence-electron chi connectivity index (χ2n) is 3.30. The van der Waals surface area contributed by atoms with Gasteiger partial charge in [0.05, 0.1) is 10.6 Å². The lowest BCUT2D eigenvalue weighted by Crippen LogP contribution is -2.23. The van der Waals surface area contributed by atoms with Crippen LogP contribution in [0, 0.1) is 10.1 Å². The maximum absolute atomic E-state index is 10.8. The Morgan fingerprint density at radius 2 is 2.19 bits per heavy atom. The number of hydrogen-bond donors (Lipinski definition) is 1. The first-order valence-electron chi connectivity index (χ1n) is 4.65. The van der Waals surface area contributed by atoms with Crippen molar-refractivity contribution in [2.24, 2.45) is 10.7 Å². The molecule has 1 heterocycles. The third-order valence-electron chi connectivity index (χ3n) is 2.17. The largest absolute Gasteiger partial charge is 0.396 e. The second kappa shape index (κ2) is 4.01. The first-order valence-corrected chi connectivity index (χ1v) is 4.65. The fourth-order valence-electron chi connectivity index (χ4n) is 1.50. The van der Waals surface area contributed by atoms with Crippen LogP contribution in [-0.4, -0.2) is 17.8 Å². The number of allylic oxidation sites excluding steroid dienone is 1. The molecule has 0 saturated carbocycles. The fraction of sp³-hybridized carbons (Fsp3) is 0.100. The molecule has 1 aromatic carbocycles. The van der Waals surface area contributed by atoms with E-state index >= 15 is 0 Å². The molecule has 0 spiro atoms. The van der Waals surface area contributed by atoms with Gasteiger partial charge < -0.3 is 10.6 Å². The molecule has 0 radical (unpaired) electrons. The third-order valence-corrected chi connectivity index (χ3v) is 2.17. The highest BCUT2D eigenvalue weighted by atomic mass is 16.6. The van der Waals surface area contributed by atoms with Crippen LogP contribution in [0.4, 0.5) is 11.4 Å². The number of nitro groups is 1. The van der Waals surface area contributed by atoms with E-state index in [4.69, 9.17) is 5.73 Å². The average molecular weight is 218 g/mol. The Morgan fingerprint density at radius 1 is 1.44 bits per heavy atom. The van der Waals surface area contributed by atoms with E-state index in [1.165, 1.54) is 12.3 Å². The van der Waals surface area contributed by atoms with E-state index in [9.17, 15) is 10.1 Å². The monoisotopic (exact) mass is 218 g/mol. The first kappa shape index (κ1) is 10.2. The Balaban J connectivity index is 2.41. The quantitative estimate of drug-likeness (QED) is 0.597. The summed E-state index contributed by atoms with van der Waals surface area (Å²) in [7, 11) is 0. The van der Waals surface area contributed by atoms with Crippen molar-refractivity contribution in [3.8, 4) is 0 Å². The molecule has 2 rings (SSSR count). The van der Waals surface area contributed by atoms with Gasteiger partial charge in [0.2, 0.25) is 0 Å². The van der Waals surface area contributed by atoms with Gasteiger partial charge in [0.1, 0.15) is 12.4 Å². The van der Waals surface area contributed by atoms with E-state index in [-0.39, 0.29) is 5.69 Å². The van der Waals surface area contributed by atoms with Crippen LogP contribution < -0.4 is 10.6 Å². The molecule has 6 nitrogen and oxygen atoms in total. The lowest BCUT2D eigenvalue weighted by atomic mass is 10.2. The Bertz CT molecular complexity index is 481. The second-order valence-corrected chi connectivity index (χ2v) is 3.30. The Morgan fingerprint density at radius 3 is 2.88 bits per heavy atom. The Hall–Kier alpha value is -2.37. The highest BCUT2D eigenvalue weighted by Crippen LogP contribution is 2.28. The highest BCUT2D eigenvalue weighted by molar-refractivity contribution is 5.80. The molecule has 1 aliphatic rings. The van der Waals surface area contributed by atoms with E-state index in [0.717, 1.165) is 0 Å². The number of rotatable bonds is 2. The number of benzene rings is 1. The van der Waals surface area contributed by atoms with Crippen LogP contribution in [0.5, 0.6) is 0 Å². The number of aliphatic imine (C=N–C) groups is 1. The molecule has 16 heavy (non-hydrogen) atoms. The van der Waals surface area contributed by atoms with Crippen LogP contribution in [0.1, 0.15) is 0 Å². The number of nitrogens with zero attached hydrogens (tertiary/aromatic N) is 3. The predicted octanol–water partition coefficient (Wildman–Crippen LogP) is 1.24. The van der Waals surface area contributed by atoms with Gasteiger partial charge in [-0.3, -0.25) is 15.1 Å². The van der Waals surface area contributed by atoms with E-state index < -0.39 is 4.92 Å². The maximum atomic E-state index is 10.8. The van der Waals surface area contributed by atoms with Gasteiger partial charge in [0.25, 0.3) is 5.69 Å². The molecule has 2 N–H and O–H groups in total. The molecule has 0 atom stereocenters. The zero-order valence-electron chi connectivity index (χ0n) is 8.41. The molecule has 1 aliphatic heterocycles. The molecular weight excluding hydrogens is 208 g/mol. The number of anilines is 1. The molecule has 0 bridgehead atoms. The number of para-hydroxylation sites is 2. The molecule has 0 saturated heterocycles. The SMILES string of the molecule is NC1=CN(c2ccccc2[N+](=O)[O-])CN=C1. The molecule has 82 valence electrons. The number of nitrogens with two attached hydrogens (primary N) is 1. The van der Waals surface area contributed by atoms with Crippen molar-refractivity contribution in [1.82, 2.24) is 0 Å². The summed E-state index contributed by atoms with van der Waals surface area (Å²) in [5, 5.41) is 10.8. The predicted molar refractivity (Wildman–Crippen MR) is 61.2 cm³/mol. The van der Waals surface area contributed by atoms with Crippen LogP contribution in [0.15, 0.2) is 41.2 Å². The number of hydrogen-bond acceptors (Lipinski definition) is 5. The molecule has 6 heteroatoms. The normalized spacial score (nSPS) is 14.8. The van der Waals surface area contributed by atoms with Gasteiger partial charge in [0, 0.05) is 18.5 Å². The Kier molecular flexibility index (Phi) is 2.55. The van der Waals surface area contributed by atoms with Crippen molar-refractivity contribution in [2.75, 3.05) is 11.6 Å². The summed E-state index contributed by atoms with van der Waals surface area (Å²) in [5.41, 5.74) is 6.60. The standard InChI is InChI=1S/C10H10N4O2/c11-8-5-12-7-13(6-8)9-3-1-2-4-10(9)14(15)16/h1-6H,7,11H2. The highest BCUT2D eigenvalue weighted by Gasteiger charge is 2.18. The van der Waals surface area contributed by atoms with E-state index in [2.05, 4.69) is 4.99 Å². The van der Waals surface area contributed by atoms with Crippen molar-refractivity contribution in [1.29, 1.82) is 0 Å². The minimum absolute atomic E-state index is 0.0450. The zero-order chi connectivity index (χ0) is 11.5. The third kappa shape index (κ3) is 1.85. The van der Waals surface area contributed by atoms with Crippen molar-refractivity contribution in [3.05, 3.63) is 46.3 Å². The summed E-state index contributed by atoms with van der Waals surface area (Å²) >= 11 is 0. The summed E-state index contributed by atoms with van der Waals surface area (Å²) in [5.74, 6) is 0. The average Bonchev–Trinajstić information content (AvgIpc) is 2.29. The number of nitro benzene ring substituents is 1. The van der Waals surface area contributed by atoms with Crippen LogP contribution in [-0.2, 0) is 0 Å². The van der Waals surface area contributed by atoms with Crippen LogP contribution >= 0.6 is 0 Å². The van der Waals surface area contributed by atoms with Gasteiger partial charge in [-0.15, -0.1) is 0 Å². The maximum Gasteiger partial charge on any atom is 0.292 e. The lowest BCUT2D eigenvalue weighted by molar-refractivity contribution is -0.384. The van der Waals surface area contributed by atoms with Gasteiger partial charge >= 0.3 is 0 Å². The molecule has 0 unspecified atom stereocenters. The van der Waals surface area contributed by atoms with Gasteiger partial charge in [-0.2, -0.15) is 0 Å². The topological polar surface area (TPSA) is 84.8 Å². The molecule has 1 aromatic rings.